The van der Waals surface area contributed by atoms with Crippen LogP contribution in [0.4, 0.5) is 5.69 Å². The lowest BCUT2D eigenvalue weighted by Gasteiger charge is -2.22. The molecule has 5 heteroatoms. The van der Waals surface area contributed by atoms with Crippen molar-refractivity contribution < 1.29 is 9.59 Å². The van der Waals surface area contributed by atoms with E-state index in [1.165, 1.54) is 0 Å². The van der Waals surface area contributed by atoms with E-state index < -0.39 is 0 Å². The summed E-state index contributed by atoms with van der Waals surface area (Å²) in [6.07, 6.45) is 0. The molecule has 0 saturated heterocycles. The van der Waals surface area contributed by atoms with Gasteiger partial charge in [-0.15, -0.1) is 0 Å². The largest absolute Gasteiger partial charge is 0.346 e. The molecule has 0 bridgehead atoms. The third-order valence-electron chi connectivity index (χ3n) is 3.32. The average molecular weight is 325 g/mol. The number of anilines is 1. The molecule has 24 heavy (non-hydrogen) atoms. The van der Waals surface area contributed by atoms with Crippen molar-refractivity contribution in [3.05, 3.63) is 59.9 Å². The first-order valence-electron chi connectivity index (χ1n) is 7.98. The van der Waals surface area contributed by atoms with Gasteiger partial charge in [0.1, 0.15) is 11.4 Å². The van der Waals surface area contributed by atoms with Gasteiger partial charge in [-0.2, -0.15) is 0 Å². The maximum atomic E-state index is 12.8. The Morgan fingerprint density at radius 2 is 1.62 bits per heavy atom. The van der Waals surface area contributed by atoms with Gasteiger partial charge in [0, 0.05) is 17.8 Å². The van der Waals surface area contributed by atoms with Crippen LogP contribution >= 0.6 is 0 Å². The number of hydrogen-bond acceptors (Lipinski definition) is 3. The normalized spacial score (nSPS) is 11.0. The first-order valence-corrected chi connectivity index (χ1v) is 7.98. The maximum absolute atomic E-state index is 12.8. The Balaban J connectivity index is 2.27. The van der Waals surface area contributed by atoms with Crippen LogP contribution in [0, 0.1) is 0 Å². The SMILES string of the molecule is CCN(C(=O)c1cccc(C(=O)NC(C)(C)C)n1)c1ccccc1. The molecule has 0 atom stereocenters. The lowest BCUT2D eigenvalue weighted by atomic mass is 10.1. The number of aromatic nitrogens is 1. The molecule has 0 radical (unpaired) electrons. The van der Waals surface area contributed by atoms with E-state index in [0.717, 1.165) is 5.69 Å². The molecule has 126 valence electrons. The van der Waals surface area contributed by atoms with Gasteiger partial charge < -0.3 is 10.2 Å². The van der Waals surface area contributed by atoms with Crippen LogP contribution < -0.4 is 10.2 Å². The van der Waals surface area contributed by atoms with Crippen molar-refractivity contribution >= 4 is 17.5 Å². The third kappa shape index (κ3) is 4.41. The standard InChI is InChI=1S/C19H23N3O2/c1-5-22(14-10-7-6-8-11-14)18(24)16-13-9-12-15(20-16)17(23)21-19(2,3)4/h6-13H,5H2,1-4H3,(H,21,23). The molecule has 0 fully saturated rings. The second kappa shape index (κ2) is 7.25. The fraction of sp³-hybridized carbons (Fsp3) is 0.316. The number of nitrogens with one attached hydrogen (secondary N) is 1. The molecule has 5 nitrogen and oxygen atoms in total. The number of carbonyl (C=O) groups excluding carboxylic acids is 2. The van der Waals surface area contributed by atoms with Crippen molar-refractivity contribution in [3.63, 3.8) is 0 Å². The Morgan fingerprint density at radius 1 is 1.00 bits per heavy atom. The molecule has 0 aliphatic heterocycles. The summed E-state index contributed by atoms with van der Waals surface area (Å²) >= 11 is 0. The minimum absolute atomic E-state index is 0.228. The molecule has 0 spiro atoms. The van der Waals surface area contributed by atoms with Gasteiger partial charge in [0.05, 0.1) is 0 Å². The van der Waals surface area contributed by atoms with Crippen molar-refractivity contribution in [2.24, 2.45) is 0 Å². The van der Waals surface area contributed by atoms with Gasteiger partial charge >= 0.3 is 0 Å². The highest BCUT2D eigenvalue weighted by atomic mass is 16.2. The molecule has 0 aliphatic carbocycles. The van der Waals surface area contributed by atoms with Crippen molar-refractivity contribution in [2.45, 2.75) is 33.2 Å². The van der Waals surface area contributed by atoms with Crippen LogP contribution in [0.25, 0.3) is 0 Å². The topological polar surface area (TPSA) is 62.3 Å². The number of carbonyl (C=O) groups is 2. The third-order valence-corrected chi connectivity index (χ3v) is 3.32. The Hall–Kier alpha value is -2.69. The van der Waals surface area contributed by atoms with Gasteiger partial charge in [-0.3, -0.25) is 9.59 Å². The molecular formula is C19H23N3O2. The molecule has 2 rings (SSSR count). The summed E-state index contributed by atoms with van der Waals surface area (Å²) in [5.41, 5.74) is 0.927. The van der Waals surface area contributed by atoms with Gasteiger partial charge in [0.2, 0.25) is 0 Å². The summed E-state index contributed by atoms with van der Waals surface area (Å²) in [5.74, 6) is -0.519. The van der Waals surface area contributed by atoms with Gasteiger partial charge in [-0.05, 0) is 52.0 Å². The summed E-state index contributed by atoms with van der Waals surface area (Å²) in [4.78, 5) is 30.9. The van der Waals surface area contributed by atoms with Crippen molar-refractivity contribution in [2.75, 3.05) is 11.4 Å². The zero-order chi connectivity index (χ0) is 17.7. The molecule has 1 heterocycles. The van der Waals surface area contributed by atoms with E-state index in [9.17, 15) is 9.59 Å². The zero-order valence-electron chi connectivity index (χ0n) is 14.5. The van der Waals surface area contributed by atoms with E-state index in [1.807, 2.05) is 58.0 Å². The Morgan fingerprint density at radius 3 is 2.21 bits per heavy atom. The second-order valence-electron chi connectivity index (χ2n) is 6.50. The highest BCUT2D eigenvalue weighted by molar-refractivity contribution is 6.05. The monoisotopic (exact) mass is 325 g/mol. The van der Waals surface area contributed by atoms with Crippen LogP contribution in [0.5, 0.6) is 0 Å². The summed E-state index contributed by atoms with van der Waals surface area (Å²) in [6, 6.07) is 14.3. The number of para-hydroxylation sites is 1. The van der Waals surface area contributed by atoms with Crippen molar-refractivity contribution in [1.29, 1.82) is 0 Å². The lowest BCUT2D eigenvalue weighted by Crippen LogP contribution is -2.41. The molecule has 1 aromatic heterocycles. The van der Waals surface area contributed by atoms with Crippen LogP contribution in [0.3, 0.4) is 0 Å². The van der Waals surface area contributed by atoms with E-state index in [0.29, 0.717) is 6.54 Å². The maximum Gasteiger partial charge on any atom is 0.276 e. The predicted octanol–water partition coefficient (Wildman–Crippen LogP) is 3.28. The lowest BCUT2D eigenvalue weighted by molar-refractivity contribution is 0.0914. The number of hydrogen-bond donors (Lipinski definition) is 1. The van der Waals surface area contributed by atoms with E-state index >= 15 is 0 Å². The van der Waals surface area contributed by atoms with E-state index in [-0.39, 0.29) is 28.7 Å². The highest BCUT2D eigenvalue weighted by Gasteiger charge is 2.20. The van der Waals surface area contributed by atoms with Gasteiger partial charge in [0.15, 0.2) is 0 Å². The van der Waals surface area contributed by atoms with Crippen LogP contribution in [0.1, 0.15) is 48.7 Å². The van der Waals surface area contributed by atoms with E-state index in [4.69, 9.17) is 0 Å². The highest BCUT2D eigenvalue weighted by Crippen LogP contribution is 2.16. The van der Waals surface area contributed by atoms with Crippen LogP contribution in [0.15, 0.2) is 48.5 Å². The summed E-state index contributed by atoms with van der Waals surface area (Å²) in [7, 11) is 0. The van der Waals surface area contributed by atoms with Crippen molar-refractivity contribution in [3.8, 4) is 0 Å². The minimum atomic E-state index is -0.363. The number of amides is 2. The van der Waals surface area contributed by atoms with E-state index in [2.05, 4.69) is 10.3 Å². The van der Waals surface area contributed by atoms with E-state index in [1.54, 1.807) is 23.1 Å². The van der Waals surface area contributed by atoms with Crippen LogP contribution in [-0.2, 0) is 0 Å². The van der Waals surface area contributed by atoms with Gasteiger partial charge in [-0.1, -0.05) is 24.3 Å². The van der Waals surface area contributed by atoms with Crippen molar-refractivity contribution in [1.82, 2.24) is 10.3 Å². The van der Waals surface area contributed by atoms with Crippen LogP contribution in [0.2, 0.25) is 0 Å². The number of pyridine rings is 1. The summed E-state index contributed by atoms with van der Waals surface area (Å²) < 4.78 is 0. The fourth-order valence-corrected chi connectivity index (χ4v) is 2.27. The predicted molar refractivity (Wildman–Crippen MR) is 95.2 cm³/mol. The molecule has 1 N–H and O–H groups in total. The minimum Gasteiger partial charge on any atom is -0.346 e. The quantitative estimate of drug-likeness (QED) is 0.938. The number of benzene rings is 1. The number of nitrogens with zero attached hydrogens (tertiary/aromatic N) is 2. The zero-order valence-corrected chi connectivity index (χ0v) is 14.5. The molecule has 2 aromatic rings. The second-order valence-corrected chi connectivity index (χ2v) is 6.50. The molecule has 0 saturated carbocycles. The smallest absolute Gasteiger partial charge is 0.276 e. The summed E-state index contributed by atoms with van der Waals surface area (Å²) in [5, 5.41) is 2.85. The fourth-order valence-electron chi connectivity index (χ4n) is 2.27. The first-order chi connectivity index (χ1) is 11.3. The Kier molecular flexibility index (Phi) is 5.34. The molecule has 0 aliphatic rings. The van der Waals surface area contributed by atoms with Gasteiger partial charge in [0.25, 0.3) is 11.8 Å². The Labute approximate surface area is 142 Å². The first kappa shape index (κ1) is 17.7. The average Bonchev–Trinajstić information content (AvgIpc) is 2.55. The molecule has 0 unspecified atom stereocenters. The molecular weight excluding hydrogens is 302 g/mol. The molecule has 1 aromatic carbocycles. The number of rotatable bonds is 4. The molecule has 2 amide bonds. The van der Waals surface area contributed by atoms with Crippen LogP contribution in [-0.4, -0.2) is 28.9 Å². The Bertz CT molecular complexity index is 721. The van der Waals surface area contributed by atoms with Gasteiger partial charge in [-0.25, -0.2) is 4.98 Å². The summed E-state index contributed by atoms with van der Waals surface area (Å²) in [6.45, 7) is 8.11.